The molecule has 0 spiro atoms. The Morgan fingerprint density at radius 3 is 2.71 bits per heavy atom. The smallest absolute Gasteiger partial charge is 0.316 e. The van der Waals surface area contributed by atoms with Gasteiger partial charge in [0.1, 0.15) is 11.9 Å². The van der Waals surface area contributed by atoms with Crippen LogP contribution in [0, 0.1) is 5.82 Å². The van der Waals surface area contributed by atoms with Crippen LogP contribution >= 0.6 is 0 Å². The van der Waals surface area contributed by atoms with E-state index >= 15 is 0 Å². The van der Waals surface area contributed by atoms with Crippen molar-refractivity contribution in [1.29, 1.82) is 0 Å². The number of hydrogen-bond donors (Lipinski definition) is 0. The minimum Gasteiger partial charge on any atom is -0.459 e. The maximum Gasteiger partial charge on any atom is 0.316 e. The molecule has 0 N–H and O–H groups in total. The number of hydrogen-bond acceptors (Lipinski definition) is 5. The molecule has 0 bridgehead atoms. The first-order chi connectivity index (χ1) is 11.5. The molecule has 0 amide bonds. The molecule has 0 aliphatic carbocycles. The summed E-state index contributed by atoms with van der Waals surface area (Å²) in [5.41, 5.74) is 0.173. The first-order valence-electron chi connectivity index (χ1n) is 7.69. The van der Waals surface area contributed by atoms with Gasteiger partial charge in [-0.15, -0.1) is 0 Å². The van der Waals surface area contributed by atoms with Crippen molar-refractivity contribution in [1.82, 2.24) is 14.3 Å². The second-order valence-electron chi connectivity index (χ2n) is 5.62. The van der Waals surface area contributed by atoms with Gasteiger partial charge in [0.05, 0.1) is 12.3 Å². The lowest BCUT2D eigenvalue weighted by molar-refractivity contribution is 0.119. The number of halogens is 1. The van der Waals surface area contributed by atoms with Gasteiger partial charge in [-0.05, 0) is 25.0 Å². The predicted molar refractivity (Wildman–Crippen MR) is 86.3 cm³/mol. The van der Waals surface area contributed by atoms with Gasteiger partial charge in [-0.1, -0.05) is 18.2 Å². The molecule has 0 saturated carbocycles. The fraction of sp³-hybridized carbons (Fsp3) is 0.375. The number of piperidine rings is 1. The van der Waals surface area contributed by atoms with Crippen LogP contribution in [0.15, 0.2) is 42.7 Å². The van der Waals surface area contributed by atoms with Crippen LogP contribution in [-0.2, 0) is 15.8 Å². The van der Waals surface area contributed by atoms with E-state index in [4.69, 9.17) is 4.74 Å². The highest BCUT2D eigenvalue weighted by atomic mass is 32.2. The third-order valence-electron chi connectivity index (χ3n) is 3.84. The maximum atomic E-state index is 13.7. The highest BCUT2D eigenvalue weighted by Gasteiger charge is 2.31. The van der Waals surface area contributed by atoms with Crippen molar-refractivity contribution in [2.75, 3.05) is 13.1 Å². The van der Waals surface area contributed by atoms with E-state index in [0.717, 1.165) is 6.42 Å². The molecule has 2 aromatic rings. The van der Waals surface area contributed by atoms with Crippen LogP contribution < -0.4 is 4.74 Å². The van der Waals surface area contributed by atoms with Crippen LogP contribution in [0.3, 0.4) is 0 Å². The van der Waals surface area contributed by atoms with Gasteiger partial charge in [0.2, 0.25) is 10.0 Å². The summed E-state index contributed by atoms with van der Waals surface area (Å²) in [4.78, 5) is 7.98. The number of rotatable bonds is 5. The molecule has 1 aromatic carbocycles. The standard InChI is InChI=1S/C16H18FN3O3S/c17-15-7-2-1-5-13(15)12-24(21,22)20-10-3-6-14(11-20)23-16-18-8-4-9-19-16/h1-2,4-5,7-9,14H,3,6,10-12H2. The molecule has 6 nitrogen and oxygen atoms in total. The summed E-state index contributed by atoms with van der Waals surface area (Å²) in [6.07, 6.45) is 4.23. The lowest BCUT2D eigenvalue weighted by Gasteiger charge is -2.31. The molecule has 1 atom stereocenters. The highest BCUT2D eigenvalue weighted by molar-refractivity contribution is 7.88. The molecule has 8 heteroatoms. The molecule has 1 unspecified atom stereocenters. The van der Waals surface area contributed by atoms with Gasteiger partial charge in [-0.25, -0.2) is 22.8 Å². The summed E-state index contributed by atoms with van der Waals surface area (Å²) in [5.74, 6) is -0.864. The summed E-state index contributed by atoms with van der Waals surface area (Å²) in [6.45, 7) is 0.626. The zero-order valence-corrected chi connectivity index (χ0v) is 13.8. The molecule has 1 fully saturated rings. The molecule has 1 aliphatic rings. The second kappa shape index (κ2) is 7.23. The van der Waals surface area contributed by atoms with Crippen molar-refractivity contribution in [2.45, 2.75) is 24.7 Å². The van der Waals surface area contributed by atoms with E-state index < -0.39 is 15.8 Å². The quantitative estimate of drug-likeness (QED) is 0.824. The van der Waals surface area contributed by atoms with Crippen LogP contribution in [0.2, 0.25) is 0 Å². The minimum absolute atomic E-state index is 0.173. The monoisotopic (exact) mass is 351 g/mol. The molecule has 1 aromatic heterocycles. The molecule has 1 aliphatic heterocycles. The zero-order valence-electron chi connectivity index (χ0n) is 13.0. The Labute approximate surface area is 140 Å². The second-order valence-corrected chi connectivity index (χ2v) is 7.59. The molecule has 128 valence electrons. The Morgan fingerprint density at radius 1 is 1.21 bits per heavy atom. The molecular weight excluding hydrogens is 333 g/mol. The van der Waals surface area contributed by atoms with E-state index in [1.165, 1.54) is 22.5 Å². The SMILES string of the molecule is O=S(=O)(Cc1ccccc1F)N1CCCC(Oc2ncccn2)C1. The van der Waals surface area contributed by atoms with E-state index in [1.807, 2.05) is 0 Å². The normalized spacial score (nSPS) is 19.1. The number of aromatic nitrogens is 2. The minimum atomic E-state index is -3.61. The third-order valence-corrected chi connectivity index (χ3v) is 5.64. The topological polar surface area (TPSA) is 72.4 Å². The van der Waals surface area contributed by atoms with Gasteiger partial charge < -0.3 is 4.74 Å². The van der Waals surface area contributed by atoms with Crippen molar-refractivity contribution < 1.29 is 17.5 Å². The highest BCUT2D eigenvalue weighted by Crippen LogP contribution is 2.21. The molecule has 2 heterocycles. The summed E-state index contributed by atoms with van der Waals surface area (Å²) < 4.78 is 45.9. The van der Waals surface area contributed by atoms with Crippen molar-refractivity contribution >= 4 is 10.0 Å². The molecule has 24 heavy (non-hydrogen) atoms. The number of nitrogens with zero attached hydrogens (tertiary/aromatic N) is 3. The zero-order chi connectivity index (χ0) is 17.0. The van der Waals surface area contributed by atoms with Crippen LogP contribution in [0.4, 0.5) is 4.39 Å². The summed E-state index contributed by atoms with van der Waals surface area (Å²) in [5, 5.41) is 0. The number of sulfonamides is 1. The molecule has 1 saturated heterocycles. The summed E-state index contributed by atoms with van der Waals surface area (Å²) in [7, 11) is -3.61. The predicted octanol–water partition coefficient (Wildman–Crippen LogP) is 1.99. The van der Waals surface area contributed by atoms with E-state index in [9.17, 15) is 12.8 Å². The average Bonchev–Trinajstić information content (AvgIpc) is 2.58. The number of ether oxygens (including phenoxy) is 1. The van der Waals surface area contributed by atoms with Gasteiger partial charge in [0.25, 0.3) is 0 Å². The Hall–Kier alpha value is -2.06. The fourth-order valence-corrected chi connectivity index (χ4v) is 4.26. The first-order valence-corrected chi connectivity index (χ1v) is 9.30. The first kappa shape index (κ1) is 16.8. The number of benzene rings is 1. The van der Waals surface area contributed by atoms with E-state index in [2.05, 4.69) is 9.97 Å². The van der Waals surface area contributed by atoms with Crippen LogP contribution in [0.1, 0.15) is 18.4 Å². The van der Waals surface area contributed by atoms with Crippen LogP contribution in [0.25, 0.3) is 0 Å². The third kappa shape index (κ3) is 4.07. The van der Waals surface area contributed by atoms with Crippen molar-refractivity contribution in [2.24, 2.45) is 0 Å². The van der Waals surface area contributed by atoms with Gasteiger partial charge in [0, 0.05) is 24.5 Å². The Morgan fingerprint density at radius 2 is 1.96 bits per heavy atom. The van der Waals surface area contributed by atoms with Gasteiger partial charge >= 0.3 is 6.01 Å². The van der Waals surface area contributed by atoms with Gasteiger partial charge in [0.15, 0.2) is 0 Å². The van der Waals surface area contributed by atoms with Crippen molar-refractivity contribution in [3.63, 3.8) is 0 Å². The lowest BCUT2D eigenvalue weighted by Crippen LogP contribution is -2.45. The molecule has 3 rings (SSSR count). The average molecular weight is 351 g/mol. The van der Waals surface area contributed by atoms with Crippen LogP contribution in [-0.4, -0.2) is 41.9 Å². The Bertz CT molecular complexity index is 786. The molecular formula is C16H18FN3O3S. The van der Waals surface area contributed by atoms with Crippen LogP contribution in [0.5, 0.6) is 6.01 Å². The van der Waals surface area contributed by atoms with Crippen molar-refractivity contribution in [3.8, 4) is 6.01 Å². The Balaban J connectivity index is 1.68. The van der Waals surface area contributed by atoms with Gasteiger partial charge in [-0.2, -0.15) is 4.31 Å². The van der Waals surface area contributed by atoms with E-state index in [-0.39, 0.29) is 30.0 Å². The van der Waals surface area contributed by atoms with E-state index in [0.29, 0.717) is 13.0 Å². The largest absolute Gasteiger partial charge is 0.459 e. The summed E-state index contributed by atoms with van der Waals surface area (Å²) >= 11 is 0. The Kier molecular flexibility index (Phi) is 5.06. The molecule has 0 radical (unpaired) electrons. The fourth-order valence-electron chi connectivity index (χ4n) is 2.65. The maximum absolute atomic E-state index is 13.7. The summed E-state index contributed by atoms with van der Waals surface area (Å²) in [6, 6.07) is 7.83. The van der Waals surface area contributed by atoms with Gasteiger partial charge in [-0.3, -0.25) is 0 Å². The van der Waals surface area contributed by atoms with E-state index in [1.54, 1.807) is 24.5 Å². The lowest BCUT2D eigenvalue weighted by atomic mass is 10.1. The van der Waals surface area contributed by atoms with Crippen molar-refractivity contribution in [3.05, 3.63) is 54.1 Å².